The van der Waals surface area contributed by atoms with Crippen molar-refractivity contribution < 1.29 is 14.3 Å². The molecule has 31 heavy (non-hydrogen) atoms. The van der Waals surface area contributed by atoms with Crippen LogP contribution >= 0.6 is 0 Å². The molecular formula is C24H30N4O3. The van der Waals surface area contributed by atoms with Gasteiger partial charge >= 0.3 is 0 Å². The fourth-order valence-electron chi connectivity index (χ4n) is 4.14. The summed E-state index contributed by atoms with van der Waals surface area (Å²) in [5.74, 6) is 1.25. The lowest BCUT2D eigenvalue weighted by Gasteiger charge is -2.31. The summed E-state index contributed by atoms with van der Waals surface area (Å²) in [5.41, 5.74) is 8.67. The normalized spacial score (nSPS) is 17.0. The molecule has 1 aromatic carbocycles. The van der Waals surface area contributed by atoms with Crippen LogP contribution in [0.15, 0.2) is 30.5 Å². The van der Waals surface area contributed by atoms with Gasteiger partial charge in [0.15, 0.2) is 17.4 Å². The SMILES string of the molecule is CCC(C)C(=O)c1ccc(N2CCOc3cc(C(=O)N4CCCCC4)cnc32)cc1N. The van der Waals surface area contributed by atoms with Gasteiger partial charge in [-0.05, 0) is 49.9 Å². The number of likely N-dealkylation sites (tertiary alicyclic amines) is 1. The van der Waals surface area contributed by atoms with Crippen LogP contribution < -0.4 is 15.4 Å². The molecule has 7 nitrogen and oxygen atoms in total. The highest BCUT2D eigenvalue weighted by atomic mass is 16.5. The van der Waals surface area contributed by atoms with Crippen LogP contribution in [0.1, 0.15) is 60.2 Å². The Bertz CT molecular complexity index is 985. The third-order valence-electron chi connectivity index (χ3n) is 6.22. The second-order valence-corrected chi connectivity index (χ2v) is 8.34. The van der Waals surface area contributed by atoms with Crippen LogP contribution in [0.25, 0.3) is 0 Å². The number of piperidine rings is 1. The Morgan fingerprint density at radius 1 is 1.16 bits per heavy atom. The fourth-order valence-corrected chi connectivity index (χ4v) is 4.14. The fraction of sp³-hybridized carbons (Fsp3) is 0.458. The lowest BCUT2D eigenvalue weighted by atomic mass is 9.95. The standard InChI is InChI=1S/C24H30N4O3/c1-3-16(2)22(29)19-8-7-18(14-20(19)25)28-11-12-31-21-13-17(15-26-23(21)28)24(30)27-9-5-4-6-10-27/h7-8,13-16H,3-6,9-12,25H2,1-2H3. The quantitative estimate of drug-likeness (QED) is 0.578. The van der Waals surface area contributed by atoms with Gasteiger partial charge in [0.2, 0.25) is 0 Å². The third-order valence-corrected chi connectivity index (χ3v) is 6.22. The molecule has 1 saturated heterocycles. The number of nitrogens with two attached hydrogens (primary N) is 1. The van der Waals surface area contributed by atoms with Crippen molar-refractivity contribution in [3.8, 4) is 5.75 Å². The van der Waals surface area contributed by atoms with Crippen molar-refractivity contribution in [2.75, 3.05) is 36.9 Å². The second-order valence-electron chi connectivity index (χ2n) is 8.34. The number of pyridine rings is 1. The van der Waals surface area contributed by atoms with E-state index in [-0.39, 0.29) is 17.6 Å². The Labute approximate surface area is 183 Å². The van der Waals surface area contributed by atoms with E-state index in [0.29, 0.717) is 41.5 Å². The summed E-state index contributed by atoms with van der Waals surface area (Å²) in [6.45, 7) is 6.59. The van der Waals surface area contributed by atoms with E-state index < -0.39 is 0 Å². The first kappa shape index (κ1) is 21.2. The molecule has 164 valence electrons. The van der Waals surface area contributed by atoms with Crippen LogP contribution in [-0.4, -0.2) is 47.8 Å². The maximum absolute atomic E-state index is 12.8. The molecule has 0 spiro atoms. The highest BCUT2D eigenvalue weighted by Crippen LogP contribution is 2.37. The zero-order chi connectivity index (χ0) is 22.0. The monoisotopic (exact) mass is 422 g/mol. The number of ether oxygens (including phenoxy) is 1. The Balaban J connectivity index is 1.59. The molecule has 0 radical (unpaired) electrons. The number of anilines is 3. The molecule has 0 aliphatic carbocycles. The molecule has 4 rings (SSSR count). The lowest BCUT2D eigenvalue weighted by Crippen LogP contribution is -2.36. The number of carbonyl (C=O) groups is 2. The van der Waals surface area contributed by atoms with Crippen molar-refractivity contribution in [1.29, 1.82) is 0 Å². The van der Waals surface area contributed by atoms with Crippen LogP contribution in [0, 0.1) is 5.92 Å². The second kappa shape index (κ2) is 8.96. The number of hydrogen-bond donors (Lipinski definition) is 1. The Morgan fingerprint density at radius 2 is 1.94 bits per heavy atom. The molecule has 2 aliphatic heterocycles. The largest absolute Gasteiger partial charge is 0.488 e. The summed E-state index contributed by atoms with van der Waals surface area (Å²) in [6, 6.07) is 7.30. The number of Topliss-reactive ketones (excluding diaryl/α,β-unsaturated/α-hetero) is 1. The van der Waals surface area contributed by atoms with E-state index in [1.165, 1.54) is 6.42 Å². The van der Waals surface area contributed by atoms with E-state index in [1.54, 1.807) is 18.3 Å². The summed E-state index contributed by atoms with van der Waals surface area (Å²) >= 11 is 0. The number of benzene rings is 1. The van der Waals surface area contributed by atoms with Gasteiger partial charge in [-0.1, -0.05) is 13.8 Å². The Kier molecular flexibility index (Phi) is 6.11. The minimum absolute atomic E-state index is 0.00729. The summed E-state index contributed by atoms with van der Waals surface area (Å²) < 4.78 is 5.83. The molecule has 2 N–H and O–H groups in total. The zero-order valence-corrected chi connectivity index (χ0v) is 18.3. The third kappa shape index (κ3) is 4.22. The van der Waals surface area contributed by atoms with Crippen molar-refractivity contribution in [3.05, 3.63) is 41.6 Å². The number of nitrogens with zero attached hydrogens (tertiary/aromatic N) is 3. The first-order chi connectivity index (χ1) is 15.0. The molecule has 2 aromatic rings. The van der Waals surface area contributed by atoms with Crippen LogP contribution in [0.3, 0.4) is 0 Å². The van der Waals surface area contributed by atoms with E-state index in [4.69, 9.17) is 10.5 Å². The molecule has 7 heteroatoms. The van der Waals surface area contributed by atoms with Gasteiger partial charge in [-0.2, -0.15) is 0 Å². The van der Waals surface area contributed by atoms with Crippen LogP contribution in [0.2, 0.25) is 0 Å². The van der Waals surface area contributed by atoms with E-state index >= 15 is 0 Å². The first-order valence-electron chi connectivity index (χ1n) is 11.1. The van der Waals surface area contributed by atoms with Crippen molar-refractivity contribution in [3.63, 3.8) is 0 Å². The van der Waals surface area contributed by atoms with Gasteiger partial charge in [-0.3, -0.25) is 9.59 Å². The Hall–Kier alpha value is -3.09. The summed E-state index contributed by atoms with van der Waals surface area (Å²) in [4.78, 5) is 33.9. The molecule has 1 amide bonds. The van der Waals surface area contributed by atoms with Gasteiger partial charge in [-0.15, -0.1) is 0 Å². The van der Waals surface area contributed by atoms with Gasteiger partial charge in [0.25, 0.3) is 5.91 Å². The van der Waals surface area contributed by atoms with Crippen molar-refractivity contribution >= 4 is 28.9 Å². The number of ketones is 1. The van der Waals surface area contributed by atoms with Crippen molar-refractivity contribution in [2.45, 2.75) is 39.5 Å². The van der Waals surface area contributed by atoms with Gasteiger partial charge in [-0.25, -0.2) is 4.98 Å². The number of carbonyl (C=O) groups excluding carboxylic acids is 2. The number of hydrogen-bond acceptors (Lipinski definition) is 6. The topological polar surface area (TPSA) is 88.8 Å². The maximum atomic E-state index is 12.8. The number of nitrogen functional groups attached to an aromatic ring is 1. The molecule has 1 unspecified atom stereocenters. The van der Waals surface area contributed by atoms with Gasteiger partial charge < -0.3 is 20.3 Å². The maximum Gasteiger partial charge on any atom is 0.255 e. The highest BCUT2D eigenvalue weighted by Gasteiger charge is 2.26. The predicted molar refractivity (Wildman–Crippen MR) is 121 cm³/mol. The summed E-state index contributed by atoms with van der Waals surface area (Å²) in [5, 5.41) is 0. The minimum atomic E-state index is -0.0604. The zero-order valence-electron chi connectivity index (χ0n) is 18.3. The molecule has 2 aliphatic rings. The number of amides is 1. The van der Waals surface area contributed by atoms with Gasteiger partial charge in [0.05, 0.1) is 12.1 Å². The molecule has 1 aromatic heterocycles. The molecule has 0 bridgehead atoms. The predicted octanol–water partition coefficient (Wildman–Crippen LogP) is 4.05. The van der Waals surface area contributed by atoms with Crippen molar-refractivity contribution in [2.24, 2.45) is 5.92 Å². The molecule has 3 heterocycles. The molecule has 1 fully saturated rings. The van der Waals surface area contributed by atoms with E-state index in [1.807, 2.05) is 35.8 Å². The average Bonchev–Trinajstić information content (AvgIpc) is 2.82. The minimum Gasteiger partial charge on any atom is -0.488 e. The summed E-state index contributed by atoms with van der Waals surface area (Å²) in [7, 11) is 0. The van der Waals surface area contributed by atoms with E-state index in [9.17, 15) is 9.59 Å². The van der Waals surface area contributed by atoms with Crippen LogP contribution in [0.4, 0.5) is 17.2 Å². The van der Waals surface area contributed by atoms with Crippen LogP contribution in [-0.2, 0) is 0 Å². The molecule has 0 saturated carbocycles. The van der Waals surface area contributed by atoms with Gasteiger partial charge in [0.1, 0.15) is 6.61 Å². The molecule has 1 atom stereocenters. The summed E-state index contributed by atoms with van der Waals surface area (Å²) in [6.07, 6.45) is 5.67. The lowest BCUT2D eigenvalue weighted by molar-refractivity contribution is 0.0723. The average molecular weight is 423 g/mol. The number of aromatic nitrogens is 1. The first-order valence-corrected chi connectivity index (χ1v) is 11.1. The van der Waals surface area contributed by atoms with Crippen LogP contribution in [0.5, 0.6) is 5.75 Å². The number of rotatable bonds is 5. The van der Waals surface area contributed by atoms with Crippen molar-refractivity contribution in [1.82, 2.24) is 9.88 Å². The van der Waals surface area contributed by atoms with E-state index in [2.05, 4.69) is 4.98 Å². The smallest absolute Gasteiger partial charge is 0.255 e. The molecular weight excluding hydrogens is 392 g/mol. The van der Waals surface area contributed by atoms with Gasteiger partial charge in [0, 0.05) is 42.1 Å². The Morgan fingerprint density at radius 3 is 2.65 bits per heavy atom. The highest BCUT2D eigenvalue weighted by molar-refractivity contribution is 6.02. The number of fused-ring (bicyclic) bond motifs is 1. The van der Waals surface area contributed by atoms with E-state index in [0.717, 1.165) is 38.0 Å².